The third-order valence-corrected chi connectivity index (χ3v) is 22.9. The largest absolute Gasteiger partial charge is 0.493 e. The van der Waals surface area contributed by atoms with Gasteiger partial charge in [-0.05, 0) is 127 Å². The molecule has 0 saturated heterocycles. The van der Waals surface area contributed by atoms with E-state index in [-0.39, 0.29) is 0 Å². The molecular formula is C58H58N2O4S8. The van der Waals surface area contributed by atoms with Crippen LogP contribution in [0.3, 0.4) is 0 Å². The monoisotopic (exact) mass is 1100 g/mol. The molecule has 0 unspecified atom stereocenters. The van der Waals surface area contributed by atoms with E-state index < -0.39 is 0 Å². The highest BCUT2D eigenvalue weighted by Crippen LogP contribution is 2.59. The van der Waals surface area contributed by atoms with Crippen molar-refractivity contribution in [1.82, 2.24) is 9.13 Å². The Balaban J connectivity index is 1.03. The second-order valence-corrected chi connectivity index (χ2v) is 27.2. The first kappa shape index (κ1) is 50.6. The molecule has 0 spiro atoms. The number of thioether (sulfide) groups is 8. The lowest BCUT2D eigenvalue weighted by molar-refractivity contribution is 0.304. The van der Waals surface area contributed by atoms with Crippen molar-refractivity contribution >= 4 is 94.1 Å². The van der Waals surface area contributed by atoms with Crippen molar-refractivity contribution in [3.63, 3.8) is 0 Å². The average Bonchev–Trinajstić information content (AvgIpc) is 4.24. The van der Waals surface area contributed by atoms with E-state index in [0.29, 0.717) is 52.1 Å². The highest BCUT2D eigenvalue weighted by Gasteiger charge is 2.28. The van der Waals surface area contributed by atoms with Gasteiger partial charge in [0.15, 0.2) is 0 Å². The van der Waals surface area contributed by atoms with Gasteiger partial charge in [0.25, 0.3) is 0 Å². The van der Waals surface area contributed by atoms with E-state index >= 15 is 0 Å². The van der Waals surface area contributed by atoms with Crippen molar-refractivity contribution < 1.29 is 18.9 Å². The van der Waals surface area contributed by atoms with Crippen molar-refractivity contribution in [3.05, 3.63) is 180 Å². The molecular weight excluding hydrogens is 1050 g/mol. The topological polar surface area (TPSA) is 46.8 Å². The summed E-state index contributed by atoms with van der Waals surface area (Å²) in [7, 11) is 0. The van der Waals surface area contributed by atoms with E-state index in [1.54, 1.807) is 0 Å². The average molecular weight is 1100 g/mol. The minimum absolute atomic E-state index is 0.634. The standard InChI is InChI=1S/C58H58N2O4S8/c1-5-15-61-51-39-11-9-12-40(51)28-44-24-38(32-60-35-49-50(36-60)72-58(71-49)56-67-21-22-68-56)26-46(54(44)64-18-8-4)30-42-14-10-13-41(52(42)62-16-6-2)29-45-25-37(23-43(27-39)53(45)63-17-7-3)31-59-33-47-48(34-59)70-57(69-47)55-65-19-20-66-55/h9-14,19-26,33-36H,5-8,15-18,27-32H2,1-4H3. The van der Waals surface area contributed by atoms with Crippen LogP contribution in [0.1, 0.15) is 109 Å². The van der Waals surface area contributed by atoms with Gasteiger partial charge < -0.3 is 28.1 Å². The summed E-state index contributed by atoms with van der Waals surface area (Å²) in [6.45, 7) is 12.8. The van der Waals surface area contributed by atoms with Gasteiger partial charge in [0.2, 0.25) is 0 Å². The first-order chi connectivity index (χ1) is 35.4. The van der Waals surface area contributed by atoms with Crippen molar-refractivity contribution in [2.45, 2.75) is 112 Å². The van der Waals surface area contributed by atoms with Crippen molar-refractivity contribution in [2.24, 2.45) is 0 Å². The molecule has 0 radical (unpaired) electrons. The Labute approximate surface area is 459 Å². The predicted octanol–water partition coefficient (Wildman–Crippen LogP) is 17.8. The first-order valence-corrected chi connectivity index (χ1v) is 31.8. The van der Waals surface area contributed by atoms with Gasteiger partial charge in [-0.2, -0.15) is 0 Å². The number of para-hydroxylation sites is 2. The summed E-state index contributed by atoms with van der Waals surface area (Å²) in [6.07, 6.45) is 15.7. The van der Waals surface area contributed by atoms with E-state index in [2.05, 4.69) is 144 Å². The van der Waals surface area contributed by atoms with Gasteiger partial charge >= 0.3 is 0 Å². The molecule has 6 heterocycles. The maximum Gasteiger partial charge on any atom is 0.126 e. The van der Waals surface area contributed by atoms with Gasteiger partial charge in [0.1, 0.15) is 23.0 Å². The lowest BCUT2D eigenvalue weighted by Crippen LogP contribution is -2.11. The molecule has 1 aliphatic carbocycles. The van der Waals surface area contributed by atoms with E-state index in [4.69, 9.17) is 18.9 Å². The molecule has 372 valence electrons. The maximum atomic E-state index is 6.92. The Morgan fingerprint density at radius 3 is 0.931 bits per heavy atom. The fourth-order valence-corrected chi connectivity index (χ4v) is 19.1. The third kappa shape index (κ3) is 11.3. The molecule has 0 amide bonds. The number of hydrogen-bond acceptors (Lipinski definition) is 12. The van der Waals surface area contributed by atoms with Gasteiger partial charge in [-0.1, -0.05) is 158 Å². The second-order valence-electron chi connectivity index (χ2n) is 18.3. The third-order valence-electron chi connectivity index (χ3n) is 12.6. The zero-order chi connectivity index (χ0) is 49.0. The number of rotatable bonds is 16. The van der Waals surface area contributed by atoms with Gasteiger partial charge in [-0.15, -0.1) is 0 Å². The van der Waals surface area contributed by atoms with Crippen LogP contribution in [0, 0.1) is 0 Å². The molecule has 6 aromatic rings. The van der Waals surface area contributed by atoms with Crippen LogP contribution in [-0.2, 0) is 38.8 Å². The molecule has 0 N–H and O–H groups in total. The fourth-order valence-electron chi connectivity index (χ4n) is 9.63. The van der Waals surface area contributed by atoms with E-state index in [9.17, 15) is 0 Å². The fraction of sp³-hybridized carbons (Fsp3) is 0.310. The molecule has 5 aliphatic rings. The van der Waals surface area contributed by atoms with Gasteiger partial charge in [-0.3, -0.25) is 0 Å². The molecule has 0 fully saturated rings. The number of nitrogens with zero attached hydrogens (tertiary/aromatic N) is 2. The highest BCUT2D eigenvalue weighted by molar-refractivity contribution is 8.32. The summed E-state index contributed by atoms with van der Waals surface area (Å²) in [4.78, 5) is 5.33. The lowest BCUT2D eigenvalue weighted by Gasteiger charge is -2.24. The number of aromatic nitrogens is 2. The molecule has 2 aromatic heterocycles. The highest BCUT2D eigenvalue weighted by atomic mass is 32.2. The minimum atomic E-state index is 0.634. The van der Waals surface area contributed by atoms with Crippen LogP contribution in [0.5, 0.6) is 23.0 Å². The number of fused-ring (bicyclic) bond motifs is 10. The van der Waals surface area contributed by atoms with Crippen LogP contribution in [-0.4, -0.2) is 35.6 Å². The smallest absolute Gasteiger partial charge is 0.126 e. The number of ether oxygens (including phenoxy) is 4. The van der Waals surface area contributed by atoms with Gasteiger partial charge in [0.05, 0.1) is 43.4 Å². The normalized spacial score (nSPS) is 15.7. The zero-order valence-corrected chi connectivity index (χ0v) is 47.6. The number of hydrogen-bond donors (Lipinski definition) is 0. The Morgan fingerprint density at radius 1 is 0.375 bits per heavy atom. The Hall–Kier alpha value is -3.60. The lowest BCUT2D eigenvalue weighted by atomic mass is 9.89. The molecule has 4 aromatic carbocycles. The summed E-state index contributed by atoms with van der Waals surface area (Å²) < 4.78 is 38.0. The molecule has 8 bridgehead atoms. The van der Waals surface area contributed by atoms with E-state index in [0.717, 1.165) is 61.8 Å². The van der Waals surface area contributed by atoms with Gasteiger partial charge in [0, 0.05) is 83.1 Å². The molecule has 0 atom stereocenters. The van der Waals surface area contributed by atoms with Crippen LogP contribution in [0.4, 0.5) is 0 Å². The van der Waals surface area contributed by atoms with Crippen molar-refractivity contribution in [2.75, 3.05) is 26.4 Å². The minimum Gasteiger partial charge on any atom is -0.493 e. The second kappa shape index (κ2) is 23.5. The summed E-state index contributed by atoms with van der Waals surface area (Å²) in [6, 6.07) is 23.1. The molecule has 72 heavy (non-hydrogen) atoms. The maximum absolute atomic E-state index is 6.92. The van der Waals surface area contributed by atoms with E-state index in [1.807, 2.05) is 94.1 Å². The first-order valence-electron chi connectivity index (χ1n) is 25.0. The van der Waals surface area contributed by atoms with Crippen LogP contribution in [0.15, 0.2) is 144 Å². The Kier molecular flexibility index (Phi) is 16.5. The molecule has 11 rings (SSSR count). The van der Waals surface area contributed by atoms with Crippen molar-refractivity contribution in [3.8, 4) is 23.0 Å². The quantitative estimate of drug-likeness (QED) is 0.0926. The SMILES string of the molecule is CCCOc1c2cccc1Cc1cc(Cn3cc4c(c3)SC(=C3SC=CS3)S4)cc(c1OCCC)Cc1cccc(c1OCCC)Cc1cc(Cn3cc4c(c3)SC(=C3SC=CS3)S4)cc(c1OCCC)C2. The molecule has 0 saturated carbocycles. The molecule has 6 nitrogen and oxygen atoms in total. The van der Waals surface area contributed by atoms with Crippen molar-refractivity contribution in [1.29, 1.82) is 0 Å². The molecule has 4 aliphatic heterocycles. The Morgan fingerprint density at radius 2 is 0.653 bits per heavy atom. The summed E-state index contributed by atoms with van der Waals surface area (Å²) >= 11 is 14.9. The van der Waals surface area contributed by atoms with Crippen LogP contribution >= 0.6 is 94.1 Å². The number of benzene rings is 4. The predicted molar refractivity (Wildman–Crippen MR) is 313 cm³/mol. The zero-order valence-electron chi connectivity index (χ0n) is 41.1. The summed E-state index contributed by atoms with van der Waals surface area (Å²) in [5.74, 6) is 3.89. The Bertz CT molecular complexity index is 2760. The van der Waals surface area contributed by atoms with Crippen LogP contribution in [0.25, 0.3) is 0 Å². The summed E-state index contributed by atoms with van der Waals surface area (Å²) in [5, 5.41) is 8.73. The van der Waals surface area contributed by atoms with Crippen LogP contribution < -0.4 is 18.9 Å². The summed E-state index contributed by atoms with van der Waals surface area (Å²) in [5.41, 5.74) is 11.9. The van der Waals surface area contributed by atoms with Gasteiger partial charge in [-0.25, -0.2) is 0 Å². The van der Waals surface area contributed by atoms with E-state index in [1.165, 1.54) is 92.2 Å². The van der Waals surface area contributed by atoms with Crippen LogP contribution in [0.2, 0.25) is 0 Å². The molecule has 14 heteroatoms.